The van der Waals surface area contributed by atoms with Crippen LogP contribution in [0.5, 0.6) is 5.75 Å². The van der Waals surface area contributed by atoms with Gasteiger partial charge in [-0.2, -0.15) is 5.10 Å². The van der Waals surface area contributed by atoms with Gasteiger partial charge in [-0.05, 0) is 27.3 Å². The van der Waals surface area contributed by atoms with Gasteiger partial charge in [-0.15, -0.1) is 0 Å². The molecule has 0 aliphatic heterocycles. The van der Waals surface area contributed by atoms with Crippen LogP contribution < -0.4 is 5.73 Å². The molecule has 0 fully saturated rings. The minimum Gasteiger partial charge on any atom is -0.504 e. The normalized spacial score (nSPS) is 11.2. The SMILES string of the molecule is Cc1c(O)c(CCN)nn1C(C)C. The first-order valence-corrected chi connectivity index (χ1v) is 4.55. The van der Waals surface area contributed by atoms with Crippen molar-refractivity contribution in [1.82, 2.24) is 9.78 Å². The molecule has 0 aliphatic carbocycles. The summed E-state index contributed by atoms with van der Waals surface area (Å²) in [6, 6.07) is 0.275. The molecule has 1 aromatic heterocycles. The van der Waals surface area contributed by atoms with Crippen LogP contribution >= 0.6 is 0 Å². The Morgan fingerprint density at radius 1 is 1.54 bits per heavy atom. The second kappa shape index (κ2) is 3.79. The first-order chi connectivity index (χ1) is 6.07. The first kappa shape index (κ1) is 10.1. The third kappa shape index (κ3) is 1.83. The molecule has 0 bridgehead atoms. The summed E-state index contributed by atoms with van der Waals surface area (Å²) in [6.07, 6.45) is 0.631. The number of aromatic nitrogens is 2. The van der Waals surface area contributed by atoms with E-state index in [1.54, 1.807) is 0 Å². The summed E-state index contributed by atoms with van der Waals surface area (Å²) in [7, 11) is 0. The van der Waals surface area contributed by atoms with Gasteiger partial charge >= 0.3 is 0 Å². The molecule has 0 saturated carbocycles. The molecule has 0 atom stereocenters. The predicted molar refractivity (Wildman–Crippen MR) is 51.8 cm³/mol. The van der Waals surface area contributed by atoms with Gasteiger partial charge in [0, 0.05) is 12.5 Å². The van der Waals surface area contributed by atoms with Crippen LogP contribution in [0.3, 0.4) is 0 Å². The molecular weight excluding hydrogens is 166 g/mol. The smallest absolute Gasteiger partial charge is 0.159 e. The summed E-state index contributed by atoms with van der Waals surface area (Å²) in [5, 5.41) is 13.9. The van der Waals surface area contributed by atoms with Crippen LogP contribution in [0.25, 0.3) is 0 Å². The Balaban J connectivity index is 3.05. The molecule has 1 rings (SSSR count). The van der Waals surface area contributed by atoms with Crippen LogP contribution in [0.4, 0.5) is 0 Å². The number of nitrogens with zero attached hydrogens (tertiary/aromatic N) is 2. The summed E-state index contributed by atoms with van der Waals surface area (Å²) in [5.41, 5.74) is 6.93. The van der Waals surface area contributed by atoms with E-state index >= 15 is 0 Å². The average Bonchev–Trinajstić information content (AvgIpc) is 2.33. The first-order valence-electron chi connectivity index (χ1n) is 4.55. The summed E-state index contributed by atoms with van der Waals surface area (Å²) in [6.45, 7) is 6.45. The monoisotopic (exact) mass is 183 g/mol. The zero-order valence-electron chi connectivity index (χ0n) is 8.41. The molecule has 1 heterocycles. The average molecular weight is 183 g/mol. The Bertz CT molecular complexity index is 291. The highest BCUT2D eigenvalue weighted by molar-refractivity contribution is 5.31. The largest absolute Gasteiger partial charge is 0.504 e. The lowest BCUT2D eigenvalue weighted by atomic mass is 10.2. The maximum absolute atomic E-state index is 9.66. The van der Waals surface area contributed by atoms with E-state index in [-0.39, 0.29) is 6.04 Å². The highest BCUT2D eigenvalue weighted by Crippen LogP contribution is 2.23. The summed E-state index contributed by atoms with van der Waals surface area (Å²) in [5.74, 6) is 0.291. The highest BCUT2D eigenvalue weighted by Gasteiger charge is 2.14. The number of rotatable bonds is 3. The molecule has 13 heavy (non-hydrogen) atoms. The van der Waals surface area contributed by atoms with Gasteiger partial charge in [0.15, 0.2) is 5.75 Å². The Morgan fingerprint density at radius 3 is 2.54 bits per heavy atom. The Kier molecular flexibility index (Phi) is 2.93. The van der Waals surface area contributed by atoms with Crippen molar-refractivity contribution in [3.8, 4) is 5.75 Å². The van der Waals surface area contributed by atoms with Crippen LogP contribution in [0.15, 0.2) is 0 Å². The zero-order valence-corrected chi connectivity index (χ0v) is 8.41. The van der Waals surface area contributed by atoms with Gasteiger partial charge in [0.1, 0.15) is 5.69 Å². The molecule has 3 N–H and O–H groups in total. The molecule has 1 aromatic rings. The minimum atomic E-state index is 0.275. The number of hydrogen-bond acceptors (Lipinski definition) is 3. The van der Waals surface area contributed by atoms with Crippen LogP contribution in [-0.2, 0) is 6.42 Å². The van der Waals surface area contributed by atoms with Gasteiger partial charge in [-0.1, -0.05) is 0 Å². The number of hydrogen-bond donors (Lipinski definition) is 2. The van der Waals surface area contributed by atoms with E-state index in [9.17, 15) is 5.11 Å². The third-order valence-electron chi connectivity index (χ3n) is 2.06. The number of aromatic hydroxyl groups is 1. The van der Waals surface area contributed by atoms with Gasteiger partial charge < -0.3 is 10.8 Å². The Labute approximate surface area is 78.4 Å². The molecule has 0 amide bonds. The van der Waals surface area contributed by atoms with Crippen LogP contribution in [0.1, 0.15) is 31.3 Å². The lowest BCUT2D eigenvalue weighted by Gasteiger charge is -2.06. The van der Waals surface area contributed by atoms with Crippen molar-refractivity contribution in [2.24, 2.45) is 5.73 Å². The lowest BCUT2D eigenvalue weighted by Crippen LogP contribution is -2.07. The van der Waals surface area contributed by atoms with E-state index in [2.05, 4.69) is 5.10 Å². The van der Waals surface area contributed by atoms with Crippen LogP contribution in [-0.4, -0.2) is 21.4 Å². The van der Waals surface area contributed by atoms with Gasteiger partial charge in [0.25, 0.3) is 0 Å². The van der Waals surface area contributed by atoms with E-state index in [0.717, 1.165) is 5.69 Å². The minimum absolute atomic E-state index is 0.275. The molecule has 0 spiro atoms. The van der Waals surface area contributed by atoms with Crippen molar-refractivity contribution in [3.05, 3.63) is 11.4 Å². The lowest BCUT2D eigenvalue weighted by molar-refractivity contribution is 0.458. The number of nitrogens with two attached hydrogens (primary N) is 1. The Morgan fingerprint density at radius 2 is 2.15 bits per heavy atom. The molecule has 74 valence electrons. The molecule has 0 saturated heterocycles. The van der Waals surface area contributed by atoms with Gasteiger partial charge in [0.05, 0.1) is 5.69 Å². The van der Waals surface area contributed by atoms with E-state index in [1.807, 2.05) is 25.5 Å². The summed E-state index contributed by atoms with van der Waals surface area (Å²) < 4.78 is 1.82. The highest BCUT2D eigenvalue weighted by atomic mass is 16.3. The van der Waals surface area contributed by atoms with E-state index in [4.69, 9.17) is 5.73 Å². The molecule has 0 radical (unpaired) electrons. The van der Waals surface area contributed by atoms with E-state index in [1.165, 1.54) is 0 Å². The fraction of sp³-hybridized carbons (Fsp3) is 0.667. The van der Waals surface area contributed by atoms with Crippen molar-refractivity contribution >= 4 is 0 Å². The Hall–Kier alpha value is -1.03. The molecule has 4 nitrogen and oxygen atoms in total. The molecule has 0 aromatic carbocycles. The molecule has 4 heteroatoms. The molecule has 0 aliphatic rings. The van der Waals surface area contributed by atoms with Crippen molar-refractivity contribution in [1.29, 1.82) is 0 Å². The fourth-order valence-corrected chi connectivity index (χ4v) is 1.38. The van der Waals surface area contributed by atoms with E-state index in [0.29, 0.717) is 24.4 Å². The van der Waals surface area contributed by atoms with Gasteiger partial charge in [-0.25, -0.2) is 0 Å². The maximum atomic E-state index is 9.66. The standard InChI is InChI=1S/C9H17N3O/c1-6(2)12-7(3)9(13)8(11-12)4-5-10/h6,13H,4-5,10H2,1-3H3. The fourth-order valence-electron chi connectivity index (χ4n) is 1.38. The van der Waals surface area contributed by atoms with Crippen LogP contribution in [0.2, 0.25) is 0 Å². The van der Waals surface area contributed by atoms with Crippen LogP contribution in [0, 0.1) is 6.92 Å². The third-order valence-corrected chi connectivity index (χ3v) is 2.06. The van der Waals surface area contributed by atoms with Gasteiger partial charge in [-0.3, -0.25) is 4.68 Å². The topological polar surface area (TPSA) is 64.1 Å². The summed E-state index contributed by atoms with van der Waals surface area (Å²) in [4.78, 5) is 0. The quantitative estimate of drug-likeness (QED) is 0.734. The van der Waals surface area contributed by atoms with Crippen molar-refractivity contribution < 1.29 is 5.11 Å². The van der Waals surface area contributed by atoms with E-state index < -0.39 is 0 Å². The van der Waals surface area contributed by atoms with Crippen molar-refractivity contribution in [3.63, 3.8) is 0 Å². The zero-order chi connectivity index (χ0) is 10.0. The van der Waals surface area contributed by atoms with Gasteiger partial charge in [0.2, 0.25) is 0 Å². The predicted octanol–water partition coefficient (Wildman–Crippen LogP) is 0.979. The molecule has 0 unspecified atom stereocenters. The maximum Gasteiger partial charge on any atom is 0.159 e. The van der Waals surface area contributed by atoms with Crippen molar-refractivity contribution in [2.45, 2.75) is 33.2 Å². The summed E-state index contributed by atoms with van der Waals surface area (Å²) >= 11 is 0. The second-order valence-electron chi connectivity index (χ2n) is 3.46. The molecular formula is C9H17N3O. The second-order valence-corrected chi connectivity index (χ2v) is 3.46. The van der Waals surface area contributed by atoms with Crippen molar-refractivity contribution in [2.75, 3.05) is 6.54 Å².